The number of rotatable bonds is 3. The van der Waals surface area contributed by atoms with Gasteiger partial charge in [-0.25, -0.2) is 0 Å². The van der Waals surface area contributed by atoms with E-state index in [1.165, 1.54) is 16.7 Å². The number of phenolic OH excluding ortho intramolecular Hbond substituents is 1. The van der Waals surface area contributed by atoms with E-state index >= 15 is 0 Å². The lowest BCUT2D eigenvalue weighted by molar-refractivity contribution is 0.475. The summed E-state index contributed by atoms with van der Waals surface area (Å²) in [5.74, 6) is 0.293. The summed E-state index contributed by atoms with van der Waals surface area (Å²) < 4.78 is 0. The summed E-state index contributed by atoms with van der Waals surface area (Å²) in [5, 5.41) is 9.39. The molecular weight excluding hydrogens is 232 g/mol. The van der Waals surface area contributed by atoms with E-state index in [0.717, 1.165) is 5.56 Å². The molecule has 0 aliphatic carbocycles. The zero-order valence-electron chi connectivity index (χ0n) is 11.3. The van der Waals surface area contributed by atoms with Crippen molar-refractivity contribution in [2.24, 2.45) is 0 Å². The van der Waals surface area contributed by atoms with Gasteiger partial charge in [0.05, 0.1) is 0 Å². The van der Waals surface area contributed by atoms with Crippen LogP contribution < -0.4 is 0 Å². The van der Waals surface area contributed by atoms with Crippen molar-refractivity contribution in [2.45, 2.75) is 13.8 Å². The molecule has 0 atom stereocenters. The summed E-state index contributed by atoms with van der Waals surface area (Å²) in [6.45, 7) is 4.08. The van der Waals surface area contributed by atoms with E-state index in [0.29, 0.717) is 5.75 Å². The zero-order valence-corrected chi connectivity index (χ0v) is 11.3. The molecular formula is C18H18O. The van der Waals surface area contributed by atoms with Gasteiger partial charge in [0.15, 0.2) is 0 Å². The van der Waals surface area contributed by atoms with Crippen LogP contribution >= 0.6 is 0 Å². The first-order valence-corrected chi connectivity index (χ1v) is 6.44. The molecule has 0 heterocycles. The van der Waals surface area contributed by atoms with E-state index in [-0.39, 0.29) is 0 Å². The predicted molar refractivity (Wildman–Crippen MR) is 81.9 cm³/mol. The molecule has 0 saturated carbocycles. The smallest absolute Gasteiger partial charge is 0.115 e. The summed E-state index contributed by atoms with van der Waals surface area (Å²) in [6.07, 6.45) is 4.23. The van der Waals surface area contributed by atoms with Gasteiger partial charge in [0, 0.05) is 0 Å². The monoisotopic (exact) mass is 250 g/mol. The molecule has 0 radical (unpaired) electrons. The molecule has 1 heteroatoms. The van der Waals surface area contributed by atoms with Crippen molar-refractivity contribution >= 4 is 11.1 Å². The fraction of sp³-hybridized carbons (Fsp3) is 0.111. The molecule has 0 aliphatic rings. The lowest BCUT2D eigenvalue weighted by Crippen LogP contribution is -1.90. The molecule has 2 rings (SSSR count). The first kappa shape index (κ1) is 13.2. The second-order valence-electron chi connectivity index (χ2n) is 4.32. The van der Waals surface area contributed by atoms with E-state index in [4.69, 9.17) is 0 Å². The van der Waals surface area contributed by atoms with Gasteiger partial charge in [-0.3, -0.25) is 0 Å². The second-order valence-corrected chi connectivity index (χ2v) is 4.32. The predicted octanol–water partition coefficient (Wildman–Crippen LogP) is 4.90. The lowest BCUT2D eigenvalue weighted by Gasteiger charge is -2.12. The van der Waals surface area contributed by atoms with Crippen molar-refractivity contribution in [2.75, 3.05) is 0 Å². The van der Waals surface area contributed by atoms with Crippen molar-refractivity contribution in [3.8, 4) is 5.75 Å². The minimum Gasteiger partial charge on any atom is -0.508 e. The van der Waals surface area contributed by atoms with Crippen molar-refractivity contribution in [3.05, 3.63) is 77.9 Å². The Bertz CT molecular complexity index is 589. The third-order valence-corrected chi connectivity index (χ3v) is 3.13. The van der Waals surface area contributed by atoms with E-state index in [1.807, 2.05) is 44.2 Å². The number of phenols is 1. The molecule has 0 bridgehead atoms. The minimum absolute atomic E-state index is 0.293. The highest BCUT2D eigenvalue weighted by Gasteiger charge is 2.08. The van der Waals surface area contributed by atoms with Crippen LogP contribution in [0.1, 0.15) is 25.0 Å². The van der Waals surface area contributed by atoms with Crippen LogP contribution in [-0.2, 0) is 0 Å². The van der Waals surface area contributed by atoms with Gasteiger partial charge in [-0.05, 0) is 48.3 Å². The molecule has 19 heavy (non-hydrogen) atoms. The maximum Gasteiger partial charge on any atom is 0.115 e. The summed E-state index contributed by atoms with van der Waals surface area (Å²) in [4.78, 5) is 0. The van der Waals surface area contributed by atoms with E-state index in [1.54, 1.807) is 12.1 Å². The molecule has 0 aliphatic heterocycles. The first-order valence-electron chi connectivity index (χ1n) is 6.44. The van der Waals surface area contributed by atoms with Crippen LogP contribution in [0, 0.1) is 0 Å². The van der Waals surface area contributed by atoms with E-state index < -0.39 is 0 Å². The van der Waals surface area contributed by atoms with Gasteiger partial charge < -0.3 is 5.11 Å². The summed E-state index contributed by atoms with van der Waals surface area (Å²) in [5.41, 5.74) is 4.69. The Morgan fingerprint density at radius 3 is 1.68 bits per heavy atom. The van der Waals surface area contributed by atoms with Gasteiger partial charge in [-0.15, -0.1) is 0 Å². The molecule has 2 aromatic carbocycles. The highest BCUT2D eigenvalue weighted by atomic mass is 16.3. The average Bonchev–Trinajstić information content (AvgIpc) is 2.47. The van der Waals surface area contributed by atoms with Crippen LogP contribution in [0.25, 0.3) is 11.1 Å². The number of hydrogen-bond donors (Lipinski definition) is 1. The Morgan fingerprint density at radius 1 is 0.737 bits per heavy atom. The normalized spacial score (nSPS) is 12.5. The summed E-state index contributed by atoms with van der Waals surface area (Å²) >= 11 is 0. The Morgan fingerprint density at radius 2 is 1.21 bits per heavy atom. The van der Waals surface area contributed by atoms with Crippen LogP contribution in [0.5, 0.6) is 5.75 Å². The maximum atomic E-state index is 9.39. The molecule has 0 amide bonds. The Kier molecular flexibility index (Phi) is 4.19. The molecule has 1 N–H and O–H groups in total. The van der Waals surface area contributed by atoms with Crippen LogP contribution in [0.2, 0.25) is 0 Å². The largest absolute Gasteiger partial charge is 0.508 e. The number of allylic oxidation sites excluding steroid dienone is 4. The maximum absolute atomic E-state index is 9.39. The van der Waals surface area contributed by atoms with Crippen LogP contribution in [0.4, 0.5) is 0 Å². The fourth-order valence-electron chi connectivity index (χ4n) is 2.21. The summed E-state index contributed by atoms with van der Waals surface area (Å²) in [7, 11) is 0. The average molecular weight is 250 g/mol. The second kappa shape index (κ2) is 6.05. The Labute approximate surface area is 114 Å². The number of hydrogen-bond acceptors (Lipinski definition) is 1. The van der Waals surface area contributed by atoms with Crippen LogP contribution in [0.15, 0.2) is 66.7 Å². The van der Waals surface area contributed by atoms with Gasteiger partial charge in [-0.2, -0.15) is 0 Å². The highest BCUT2D eigenvalue weighted by Crippen LogP contribution is 2.31. The quantitative estimate of drug-likeness (QED) is 0.768. The van der Waals surface area contributed by atoms with E-state index in [2.05, 4.69) is 24.3 Å². The van der Waals surface area contributed by atoms with E-state index in [9.17, 15) is 5.11 Å². The lowest BCUT2D eigenvalue weighted by atomic mass is 9.92. The van der Waals surface area contributed by atoms with Gasteiger partial charge >= 0.3 is 0 Å². The fourth-order valence-corrected chi connectivity index (χ4v) is 2.21. The third kappa shape index (κ3) is 2.94. The Balaban J connectivity index is 2.45. The number of benzene rings is 2. The summed E-state index contributed by atoms with van der Waals surface area (Å²) in [6, 6.07) is 17.7. The molecule has 0 unspecified atom stereocenters. The van der Waals surface area contributed by atoms with Crippen LogP contribution in [0.3, 0.4) is 0 Å². The van der Waals surface area contributed by atoms with Crippen molar-refractivity contribution in [1.29, 1.82) is 0 Å². The van der Waals surface area contributed by atoms with Crippen molar-refractivity contribution < 1.29 is 5.11 Å². The van der Waals surface area contributed by atoms with Crippen molar-refractivity contribution in [1.82, 2.24) is 0 Å². The first-order chi connectivity index (χ1) is 9.26. The molecule has 0 saturated heterocycles. The van der Waals surface area contributed by atoms with Gasteiger partial charge in [0.1, 0.15) is 5.75 Å². The number of aromatic hydroxyl groups is 1. The molecule has 1 nitrogen and oxygen atoms in total. The minimum atomic E-state index is 0.293. The van der Waals surface area contributed by atoms with Crippen molar-refractivity contribution in [3.63, 3.8) is 0 Å². The molecule has 0 fully saturated rings. The standard InChI is InChI=1S/C18H18O/c1-3-17(14-8-6-5-7-9-14)18(4-2)15-10-12-16(19)13-11-15/h3-13,19H,1-2H3. The van der Waals surface area contributed by atoms with Crippen LogP contribution in [-0.4, -0.2) is 5.11 Å². The molecule has 0 aromatic heterocycles. The highest BCUT2D eigenvalue weighted by molar-refractivity contribution is 6.04. The zero-order chi connectivity index (χ0) is 13.7. The van der Waals surface area contributed by atoms with Gasteiger partial charge in [-0.1, -0.05) is 54.6 Å². The van der Waals surface area contributed by atoms with Gasteiger partial charge in [0.25, 0.3) is 0 Å². The SMILES string of the molecule is CC=C(C(=CC)c1ccc(O)cc1)c1ccccc1. The molecule has 0 spiro atoms. The molecule has 2 aromatic rings. The Hall–Kier alpha value is -2.28. The third-order valence-electron chi connectivity index (χ3n) is 3.13. The topological polar surface area (TPSA) is 20.2 Å². The van der Waals surface area contributed by atoms with Gasteiger partial charge in [0.2, 0.25) is 0 Å². The molecule has 96 valence electrons.